The molecule has 0 heterocycles. The fourth-order valence-electron chi connectivity index (χ4n) is 2.07. The summed E-state index contributed by atoms with van der Waals surface area (Å²) in [6.07, 6.45) is 0. The van der Waals surface area contributed by atoms with Crippen LogP contribution in [0.4, 0.5) is 17.1 Å². The molecule has 0 aliphatic rings. The van der Waals surface area contributed by atoms with Crippen LogP contribution in [0.15, 0.2) is 36.4 Å². The molecule has 0 unspecified atom stereocenters. The first-order valence-electron chi connectivity index (χ1n) is 7.84. The van der Waals surface area contributed by atoms with Gasteiger partial charge in [0.15, 0.2) is 0 Å². The van der Waals surface area contributed by atoms with Gasteiger partial charge >= 0.3 is 0 Å². The Hall–Kier alpha value is -2.40. The van der Waals surface area contributed by atoms with Gasteiger partial charge < -0.3 is 20.1 Å². The third-order valence-electron chi connectivity index (χ3n) is 3.58. The lowest BCUT2D eigenvalue weighted by atomic mass is 9.95. The van der Waals surface area contributed by atoms with Gasteiger partial charge in [0.1, 0.15) is 11.5 Å². The number of carbonyl (C=O) groups is 1. The van der Waals surface area contributed by atoms with Gasteiger partial charge in [0.2, 0.25) is 5.91 Å². The summed E-state index contributed by atoms with van der Waals surface area (Å²) in [7, 11) is 3.14. The predicted molar refractivity (Wildman–Crippen MR) is 102 cm³/mol. The van der Waals surface area contributed by atoms with Crippen LogP contribution in [0.5, 0.6) is 11.5 Å². The maximum Gasteiger partial charge on any atom is 0.229 e. The lowest BCUT2D eigenvalue weighted by Crippen LogP contribution is -2.27. The molecule has 0 radical (unpaired) electrons. The minimum Gasteiger partial charge on any atom is -0.495 e. The molecule has 0 bridgehead atoms. The zero-order valence-electron chi connectivity index (χ0n) is 15.1. The fourth-order valence-corrected chi connectivity index (χ4v) is 2.30. The summed E-state index contributed by atoms with van der Waals surface area (Å²) >= 11 is 6.12. The second kappa shape index (κ2) is 7.66. The number of rotatable bonds is 5. The monoisotopic (exact) mass is 362 g/mol. The van der Waals surface area contributed by atoms with E-state index in [0.29, 0.717) is 16.5 Å². The Morgan fingerprint density at radius 2 is 1.52 bits per heavy atom. The number of hydrogen-bond donors (Lipinski definition) is 2. The Morgan fingerprint density at radius 3 is 2.04 bits per heavy atom. The van der Waals surface area contributed by atoms with E-state index in [2.05, 4.69) is 10.6 Å². The molecule has 0 atom stereocenters. The van der Waals surface area contributed by atoms with Crippen molar-refractivity contribution in [2.24, 2.45) is 5.41 Å². The molecule has 0 aliphatic heterocycles. The van der Waals surface area contributed by atoms with Crippen LogP contribution in [0.2, 0.25) is 5.02 Å². The van der Waals surface area contributed by atoms with Gasteiger partial charge in [-0.15, -0.1) is 0 Å². The van der Waals surface area contributed by atoms with E-state index in [-0.39, 0.29) is 5.91 Å². The molecule has 5 nitrogen and oxygen atoms in total. The summed E-state index contributed by atoms with van der Waals surface area (Å²) in [5.41, 5.74) is 1.88. The maximum absolute atomic E-state index is 12.0. The Kier molecular flexibility index (Phi) is 5.80. The molecule has 134 valence electrons. The molecule has 2 N–H and O–H groups in total. The van der Waals surface area contributed by atoms with Crippen LogP contribution in [0.25, 0.3) is 0 Å². The molecule has 25 heavy (non-hydrogen) atoms. The van der Waals surface area contributed by atoms with Gasteiger partial charge in [0.05, 0.1) is 24.9 Å². The largest absolute Gasteiger partial charge is 0.495 e. The summed E-state index contributed by atoms with van der Waals surface area (Å²) in [5, 5.41) is 6.63. The van der Waals surface area contributed by atoms with Crippen molar-refractivity contribution in [1.29, 1.82) is 0 Å². The summed E-state index contributed by atoms with van der Waals surface area (Å²) in [4.78, 5) is 12.0. The van der Waals surface area contributed by atoms with Crippen LogP contribution in [0.3, 0.4) is 0 Å². The molecular formula is C19H23ClN2O3. The normalized spacial score (nSPS) is 11.0. The molecule has 0 aliphatic carbocycles. The van der Waals surface area contributed by atoms with E-state index >= 15 is 0 Å². The maximum atomic E-state index is 12.0. The lowest BCUT2D eigenvalue weighted by Gasteiger charge is -2.18. The van der Waals surface area contributed by atoms with Gasteiger partial charge in [-0.2, -0.15) is 0 Å². The fraction of sp³-hybridized carbons (Fsp3) is 0.316. The molecular weight excluding hydrogens is 340 g/mol. The Balaban J connectivity index is 2.18. The molecule has 0 aromatic heterocycles. The Morgan fingerprint density at radius 1 is 0.960 bits per heavy atom. The average Bonchev–Trinajstić information content (AvgIpc) is 2.56. The number of methoxy groups -OCH3 is 2. The summed E-state index contributed by atoms with van der Waals surface area (Å²) in [5.74, 6) is 1.13. The third-order valence-corrected chi connectivity index (χ3v) is 3.87. The van der Waals surface area contributed by atoms with Crippen molar-refractivity contribution >= 4 is 34.6 Å². The van der Waals surface area contributed by atoms with Crippen molar-refractivity contribution in [2.75, 3.05) is 24.9 Å². The minimum atomic E-state index is -0.440. The number of halogens is 1. The molecule has 2 aromatic carbocycles. The molecule has 2 aromatic rings. The molecule has 0 saturated carbocycles. The summed E-state index contributed by atoms with van der Waals surface area (Å²) < 4.78 is 10.6. The second-order valence-electron chi connectivity index (χ2n) is 6.59. The quantitative estimate of drug-likeness (QED) is 0.778. The first kappa shape index (κ1) is 18.9. The van der Waals surface area contributed by atoms with Crippen molar-refractivity contribution in [3.05, 3.63) is 41.4 Å². The molecule has 1 amide bonds. The van der Waals surface area contributed by atoms with E-state index in [1.165, 1.54) is 0 Å². The van der Waals surface area contributed by atoms with Crippen molar-refractivity contribution < 1.29 is 14.3 Å². The van der Waals surface area contributed by atoms with E-state index in [9.17, 15) is 4.79 Å². The van der Waals surface area contributed by atoms with E-state index in [4.69, 9.17) is 21.1 Å². The summed E-state index contributed by atoms with van der Waals surface area (Å²) in [6, 6.07) is 10.9. The number of amides is 1. The van der Waals surface area contributed by atoms with Crippen molar-refractivity contribution in [3.63, 3.8) is 0 Å². The molecule has 0 saturated heterocycles. The zero-order chi connectivity index (χ0) is 18.6. The van der Waals surface area contributed by atoms with Crippen LogP contribution in [-0.2, 0) is 4.79 Å². The van der Waals surface area contributed by atoms with Gasteiger partial charge in [-0.05, 0) is 24.3 Å². The highest BCUT2D eigenvalue weighted by Gasteiger charge is 2.21. The van der Waals surface area contributed by atoms with E-state index in [1.807, 2.05) is 45.0 Å². The van der Waals surface area contributed by atoms with E-state index in [1.54, 1.807) is 26.4 Å². The number of benzene rings is 2. The Labute approximate surface area is 153 Å². The zero-order valence-corrected chi connectivity index (χ0v) is 15.8. The topological polar surface area (TPSA) is 59.6 Å². The highest BCUT2D eigenvalue weighted by Crippen LogP contribution is 2.37. The van der Waals surface area contributed by atoms with Crippen LogP contribution in [0.1, 0.15) is 20.8 Å². The van der Waals surface area contributed by atoms with E-state index < -0.39 is 5.41 Å². The van der Waals surface area contributed by atoms with Crippen molar-refractivity contribution in [1.82, 2.24) is 0 Å². The van der Waals surface area contributed by atoms with Gasteiger partial charge in [0.25, 0.3) is 0 Å². The number of anilines is 3. The summed E-state index contributed by atoms with van der Waals surface area (Å²) in [6.45, 7) is 5.62. The lowest BCUT2D eigenvalue weighted by molar-refractivity contribution is -0.123. The smallest absolute Gasteiger partial charge is 0.229 e. The predicted octanol–water partition coefficient (Wildman–Crippen LogP) is 5.09. The average molecular weight is 363 g/mol. The third kappa shape index (κ3) is 4.79. The number of ether oxygens (including phenoxy) is 2. The SMILES string of the molecule is COc1cc(Nc2ccc(NC(=O)C(C)(C)C)cc2)c(OC)cc1Cl. The van der Waals surface area contributed by atoms with Gasteiger partial charge in [-0.25, -0.2) is 0 Å². The first-order valence-corrected chi connectivity index (χ1v) is 8.22. The second-order valence-corrected chi connectivity index (χ2v) is 7.00. The van der Waals surface area contributed by atoms with Gasteiger partial charge in [-0.3, -0.25) is 4.79 Å². The highest BCUT2D eigenvalue weighted by atomic mass is 35.5. The number of hydrogen-bond acceptors (Lipinski definition) is 4. The van der Waals surface area contributed by atoms with Gasteiger partial charge in [-0.1, -0.05) is 32.4 Å². The van der Waals surface area contributed by atoms with Crippen molar-refractivity contribution in [3.8, 4) is 11.5 Å². The minimum absolute atomic E-state index is 0.0303. The molecule has 0 spiro atoms. The first-order chi connectivity index (χ1) is 11.7. The number of nitrogens with one attached hydrogen (secondary N) is 2. The van der Waals surface area contributed by atoms with Crippen LogP contribution < -0.4 is 20.1 Å². The molecule has 0 fully saturated rings. The van der Waals surface area contributed by atoms with Crippen molar-refractivity contribution in [2.45, 2.75) is 20.8 Å². The molecule has 2 rings (SSSR count). The highest BCUT2D eigenvalue weighted by molar-refractivity contribution is 6.32. The van der Waals surface area contributed by atoms with E-state index in [0.717, 1.165) is 17.1 Å². The standard InChI is InChI=1S/C19H23ClN2O3/c1-19(2,3)18(23)22-13-8-6-12(7-9-13)21-15-11-16(24-4)14(20)10-17(15)25-5/h6-11,21H,1-5H3,(H,22,23). The number of carbonyl (C=O) groups excluding carboxylic acids is 1. The van der Waals surface area contributed by atoms with Crippen LogP contribution in [0, 0.1) is 5.41 Å². The Bertz CT molecular complexity index is 752. The van der Waals surface area contributed by atoms with Crippen LogP contribution >= 0.6 is 11.6 Å². The van der Waals surface area contributed by atoms with Gasteiger partial charge in [0, 0.05) is 28.9 Å². The van der Waals surface area contributed by atoms with Crippen LogP contribution in [-0.4, -0.2) is 20.1 Å². The molecule has 6 heteroatoms.